The lowest BCUT2D eigenvalue weighted by molar-refractivity contribution is 0.553. The lowest BCUT2D eigenvalue weighted by Gasteiger charge is -2.06. The van der Waals surface area contributed by atoms with Gasteiger partial charge in [0.2, 0.25) is 10.0 Å². The van der Waals surface area contributed by atoms with Crippen molar-refractivity contribution in [3.8, 4) is 0 Å². The summed E-state index contributed by atoms with van der Waals surface area (Å²) < 4.78 is 28.9. The standard InChI is InChI=1S/C17H33N3O2S/c1-4-6-7-8-9-10-11-12-13-14-18-23(21,22)17-15-20(5-2)19-16(17)3/h15,18H,4-14H2,1-3H3. The molecule has 1 aromatic rings. The van der Waals surface area contributed by atoms with Gasteiger partial charge in [0.15, 0.2) is 0 Å². The number of nitrogens with one attached hydrogen (secondary N) is 1. The highest BCUT2D eigenvalue weighted by atomic mass is 32.2. The van der Waals surface area contributed by atoms with Crippen LogP contribution in [-0.4, -0.2) is 24.7 Å². The van der Waals surface area contributed by atoms with E-state index in [9.17, 15) is 8.42 Å². The van der Waals surface area contributed by atoms with Gasteiger partial charge in [0.25, 0.3) is 0 Å². The van der Waals surface area contributed by atoms with Crippen LogP contribution >= 0.6 is 0 Å². The Labute approximate surface area is 141 Å². The Morgan fingerprint density at radius 3 is 2.09 bits per heavy atom. The van der Waals surface area contributed by atoms with E-state index in [1.807, 2.05) is 6.92 Å². The van der Waals surface area contributed by atoms with Crippen LogP contribution in [0.15, 0.2) is 11.1 Å². The van der Waals surface area contributed by atoms with Crippen molar-refractivity contribution in [3.63, 3.8) is 0 Å². The molecular formula is C17H33N3O2S. The van der Waals surface area contributed by atoms with Gasteiger partial charge in [-0.15, -0.1) is 0 Å². The Morgan fingerprint density at radius 2 is 1.57 bits per heavy atom. The number of hydrogen-bond donors (Lipinski definition) is 1. The van der Waals surface area contributed by atoms with Gasteiger partial charge in [0.1, 0.15) is 4.90 Å². The fourth-order valence-corrected chi connectivity index (χ4v) is 3.90. The first-order chi connectivity index (χ1) is 11.0. The Hall–Kier alpha value is -0.880. The maximum Gasteiger partial charge on any atom is 0.243 e. The maximum atomic E-state index is 12.3. The third-order valence-electron chi connectivity index (χ3n) is 4.09. The third kappa shape index (κ3) is 7.48. The SMILES string of the molecule is CCCCCCCCCCCNS(=O)(=O)c1cn(CC)nc1C. The van der Waals surface area contributed by atoms with Crippen molar-refractivity contribution < 1.29 is 8.42 Å². The van der Waals surface area contributed by atoms with Gasteiger partial charge in [-0.1, -0.05) is 58.3 Å². The normalized spacial score (nSPS) is 12.0. The number of sulfonamides is 1. The third-order valence-corrected chi connectivity index (χ3v) is 5.65. The minimum Gasteiger partial charge on any atom is -0.271 e. The molecule has 0 atom stereocenters. The largest absolute Gasteiger partial charge is 0.271 e. The van der Waals surface area contributed by atoms with Crippen molar-refractivity contribution in [2.45, 2.75) is 90.0 Å². The smallest absolute Gasteiger partial charge is 0.243 e. The molecule has 0 fully saturated rings. The van der Waals surface area contributed by atoms with Crippen molar-refractivity contribution >= 4 is 10.0 Å². The van der Waals surface area contributed by atoms with Gasteiger partial charge in [-0.05, 0) is 20.3 Å². The zero-order valence-corrected chi connectivity index (χ0v) is 15.8. The van der Waals surface area contributed by atoms with E-state index >= 15 is 0 Å². The fourth-order valence-electron chi connectivity index (χ4n) is 2.65. The van der Waals surface area contributed by atoms with E-state index in [1.165, 1.54) is 44.9 Å². The first kappa shape index (κ1) is 20.2. The van der Waals surface area contributed by atoms with Crippen molar-refractivity contribution in [3.05, 3.63) is 11.9 Å². The zero-order chi connectivity index (χ0) is 17.1. The van der Waals surface area contributed by atoms with Gasteiger partial charge in [-0.3, -0.25) is 4.68 Å². The minimum atomic E-state index is -3.42. The Kier molecular flexibility index (Phi) is 9.48. The Balaban J connectivity index is 2.18. The van der Waals surface area contributed by atoms with Crippen LogP contribution in [0.5, 0.6) is 0 Å². The van der Waals surface area contributed by atoms with Crippen LogP contribution < -0.4 is 4.72 Å². The van der Waals surface area contributed by atoms with E-state index in [4.69, 9.17) is 0 Å². The molecule has 23 heavy (non-hydrogen) atoms. The highest BCUT2D eigenvalue weighted by Crippen LogP contribution is 2.13. The monoisotopic (exact) mass is 343 g/mol. The van der Waals surface area contributed by atoms with Gasteiger partial charge >= 0.3 is 0 Å². The summed E-state index contributed by atoms with van der Waals surface area (Å²) >= 11 is 0. The molecule has 134 valence electrons. The van der Waals surface area contributed by atoms with Crippen LogP contribution in [0.25, 0.3) is 0 Å². The van der Waals surface area contributed by atoms with Crippen LogP contribution in [0.2, 0.25) is 0 Å². The first-order valence-corrected chi connectivity index (χ1v) is 10.5. The molecule has 0 aromatic carbocycles. The van der Waals surface area contributed by atoms with Crippen LogP contribution in [-0.2, 0) is 16.6 Å². The molecule has 0 aliphatic heterocycles. The van der Waals surface area contributed by atoms with Crippen molar-refractivity contribution in [1.82, 2.24) is 14.5 Å². The summed E-state index contributed by atoms with van der Waals surface area (Å²) in [5.41, 5.74) is 0.562. The predicted octanol–water partition coefficient (Wildman–Crippen LogP) is 4.02. The van der Waals surface area contributed by atoms with Gasteiger partial charge in [0.05, 0.1) is 5.69 Å². The average Bonchev–Trinajstić information content (AvgIpc) is 2.91. The quantitative estimate of drug-likeness (QED) is 0.550. The van der Waals surface area contributed by atoms with E-state index in [-0.39, 0.29) is 0 Å². The molecule has 0 amide bonds. The molecule has 0 spiro atoms. The van der Waals surface area contributed by atoms with E-state index in [0.29, 0.717) is 23.7 Å². The Morgan fingerprint density at radius 1 is 1.00 bits per heavy atom. The molecule has 5 nitrogen and oxygen atoms in total. The second kappa shape index (κ2) is 10.8. The summed E-state index contributed by atoms with van der Waals surface area (Å²) in [7, 11) is -3.42. The van der Waals surface area contributed by atoms with Crippen LogP contribution in [0, 0.1) is 6.92 Å². The fraction of sp³-hybridized carbons (Fsp3) is 0.824. The van der Waals surface area contributed by atoms with Gasteiger partial charge < -0.3 is 0 Å². The molecule has 0 saturated heterocycles. The molecule has 0 unspecified atom stereocenters. The molecule has 0 bridgehead atoms. The zero-order valence-electron chi connectivity index (χ0n) is 15.0. The molecule has 1 rings (SSSR count). The molecule has 0 aliphatic carbocycles. The topological polar surface area (TPSA) is 64.0 Å². The summed E-state index contributed by atoms with van der Waals surface area (Å²) in [6, 6.07) is 0. The predicted molar refractivity (Wildman–Crippen MR) is 95.1 cm³/mol. The van der Waals surface area contributed by atoms with Crippen molar-refractivity contribution in [1.29, 1.82) is 0 Å². The lowest BCUT2D eigenvalue weighted by atomic mass is 10.1. The van der Waals surface area contributed by atoms with E-state index < -0.39 is 10.0 Å². The highest BCUT2D eigenvalue weighted by Gasteiger charge is 2.19. The number of unbranched alkanes of at least 4 members (excludes halogenated alkanes) is 8. The number of rotatable bonds is 13. The second-order valence-electron chi connectivity index (χ2n) is 6.16. The van der Waals surface area contributed by atoms with Crippen molar-refractivity contribution in [2.75, 3.05) is 6.54 Å². The molecule has 1 heterocycles. The van der Waals surface area contributed by atoms with Crippen LogP contribution in [0.3, 0.4) is 0 Å². The van der Waals surface area contributed by atoms with Crippen LogP contribution in [0.4, 0.5) is 0 Å². The summed E-state index contributed by atoms with van der Waals surface area (Å²) in [4.78, 5) is 0.301. The summed E-state index contributed by atoms with van der Waals surface area (Å²) in [5.74, 6) is 0. The molecule has 0 saturated carbocycles. The second-order valence-corrected chi connectivity index (χ2v) is 7.90. The average molecular weight is 344 g/mol. The van der Waals surface area contributed by atoms with Gasteiger partial charge in [-0.2, -0.15) is 5.10 Å². The van der Waals surface area contributed by atoms with E-state index in [0.717, 1.165) is 12.8 Å². The van der Waals surface area contributed by atoms with Gasteiger partial charge in [0, 0.05) is 19.3 Å². The number of hydrogen-bond acceptors (Lipinski definition) is 3. The molecule has 0 aliphatic rings. The lowest BCUT2D eigenvalue weighted by Crippen LogP contribution is -2.25. The molecule has 1 N–H and O–H groups in total. The number of aromatic nitrogens is 2. The van der Waals surface area contributed by atoms with Gasteiger partial charge in [-0.25, -0.2) is 13.1 Å². The minimum absolute atomic E-state index is 0.301. The summed E-state index contributed by atoms with van der Waals surface area (Å²) in [6.07, 6.45) is 12.7. The van der Waals surface area contributed by atoms with Crippen LogP contribution in [0.1, 0.15) is 77.3 Å². The maximum absolute atomic E-state index is 12.3. The molecule has 6 heteroatoms. The first-order valence-electron chi connectivity index (χ1n) is 9.05. The summed E-state index contributed by atoms with van der Waals surface area (Å²) in [6.45, 7) is 7.09. The van der Waals surface area contributed by atoms with E-state index in [2.05, 4.69) is 16.7 Å². The highest BCUT2D eigenvalue weighted by molar-refractivity contribution is 7.89. The van der Waals surface area contributed by atoms with Crippen molar-refractivity contribution in [2.24, 2.45) is 0 Å². The molecule has 0 radical (unpaired) electrons. The number of nitrogens with zero attached hydrogens (tertiary/aromatic N) is 2. The number of aryl methyl sites for hydroxylation is 2. The Bertz CT molecular complexity index is 538. The summed E-state index contributed by atoms with van der Waals surface area (Å²) in [5, 5.41) is 4.19. The molecular weight excluding hydrogens is 310 g/mol. The van der Waals surface area contributed by atoms with E-state index in [1.54, 1.807) is 17.8 Å². The molecule has 1 aromatic heterocycles.